The first-order valence-electron chi connectivity index (χ1n) is 16.8. The maximum atomic E-state index is 11.2. The Kier molecular flexibility index (Phi) is 17.0. The van der Waals surface area contributed by atoms with Gasteiger partial charge in [-0.15, -0.1) is 0 Å². The molecule has 8 nitrogen and oxygen atoms in total. The first kappa shape index (κ1) is 45.8. The molecule has 0 aromatic heterocycles. The summed E-state index contributed by atoms with van der Waals surface area (Å²) in [5.74, 6) is -1.53. The molecule has 0 heterocycles. The molecule has 0 spiro atoms. The summed E-state index contributed by atoms with van der Waals surface area (Å²) in [5.41, 5.74) is 5.39. The summed E-state index contributed by atoms with van der Waals surface area (Å²) in [4.78, 5) is 27.8. The molecule has 0 aliphatic heterocycles. The fraction of sp³-hybridized carbons (Fsp3) is 0.600. The number of carboxylic acids is 2. The molecular formula is C40H60CoN2O6. The zero-order valence-electron chi connectivity index (χ0n) is 32.2. The fourth-order valence-electron chi connectivity index (χ4n) is 5.31. The number of aliphatic carboxylic acids is 2. The average Bonchev–Trinajstić information content (AvgIpc) is 2.89. The summed E-state index contributed by atoms with van der Waals surface area (Å²) >= 11 is 0. The minimum atomic E-state index is -1.08. The van der Waals surface area contributed by atoms with Gasteiger partial charge in [-0.1, -0.05) is 108 Å². The summed E-state index contributed by atoms with van der Waals surface area (Å²) in [6.45, 7) is 28.0. The molecule has 9 heteroatoms. The van der Waals surface area contributed by atoms with Gasteiger partial charge in [-0.2, -0.15) is 0 Å². The molecule has 1 fully saturated rings. The molecule has 1 aliphatic carbocycles. The number of carboxylic acid groups (broad SMARTS) is 2. The van der Waals surface area contributed by atoms with Crippen molar-refractivity contribution in [1.29, 1.82) is 0 Å². The Balaban J connectivity index is 0.00000230. The molecule has 2 N–H and O–H groups in total. The van der Waals surface area contributed by atoms with Crippen LogP contribution in [0.4, 0.5) is 0 Å². The van der Waals surface area contributed by atoms with Crippen LogP contribution in [0.25, 0.3) is 0 Å². The van der Waals surface area contributed by atoms with Gasteiger partial charge in [0.25, 0.3) is 0 Å². The Morgan fingerprint density at radius 2 is 0.878 bits per heavy atom. The third kappa shape index (κ3) is 15.1. The van der Waals surface area contributed by atoms with Gasteiger partial charge in [-0.05, 0) is 71.6 Å². The molecule has 49 heavy (non-hydrogen) atoms. The molecule has 2 unspecified atom stereocenters. The summed E-state index contributed by atoms with van der Waals surface area (Å²) in [6.07, 6.45) is 7.90. The number of phenolic OH excluding ortho intramolecular Hbond substituents is 2. The smallest absolute Gasteiger partial charge is 0.550 e. The Morgan fingerprint density at radius 1 is 0.612 bits per heavy atom. The van der Waals surface area contributed by atoms with Crippen molar-refractivity contribution in [3.63, 3.8) is 0 Å². The Hall–Kier alpha value is -3.17. The van der Waals surface area contributed by atoms with Gasteiger partial charge in [0.2, 0.25) is 0 Å². The van der Waals surface area contributed by atoms with Gasteiger partial charge in [0.1, 0.15) is 11.5 Å². The molecule has 1 saturated carbocycles. The number of carbonyl (C=O) groups is 2. The Morgan fingerprint density at radius 3 is 1.10 bits per heavy atom. The maximum Gasteiger partial charge on any atom is 2.00 e. The molecule has 2 atom stereocenters. The van der Waals surface area contributed by atoms with E-state index in [1.165, 1.54) is 11.1 Å². The number of aliphatic imine (C=N–C) groups is 2. The third-order valence-corrected chi connectivity index (χ3v) is 8.13. The zero-order valence-corrected chi connectivity index (χ0v) is 33.2. The number of rotatable bonds is 4. The first-order valence-corrected chi connectivity index (χ1v) is 16.8. The Bertz CT molecular complexity index is 1350. The van der Waals surface area contributed by atoms with Crippen molar-refractivity contribution >= 4 is 24.4 Å². The number of nitrogens with zero attached hydrogens (tertiary/aromatic N) is 2. The van der Waals surface area contributed by atoms with E-state index in [2.05, 4.69) is 107 Å². The van der Waals surface area contributed by atoms with Crippen LogP contribution < -0.4 is 10.2 Å². The van der Waals surface area contributed by atoms with Crippen molar-refractivity contribution in [1.82, 2.24) is 0 Å². The van der Waals surface area contributed by atoms with Gasteiger partial charge in [0.15, 0.2) is 0 Å². The number of hydrogen-bond donors (Lipinski definition) is 2. The molecule has 1 aliphatic rings. The van der Waals surface area contributed by atoms with Crippen molar-refractivity contribution in [3.8, 4) is 11.5 Å². The van der Waals surface area contributed by atoms with E-state index < -0.39 is 11.9 Å². The topological polar surface area (TPSA) is 145 Å². The molecule has 0 bridgehead atoms. The van der Waals surface area contributed by atoms with E-state index in [9.17, 15) is 10.2 Å². The van der Waals surface area contributed by atoms with Crippen molar-refractivity contribution < 1.29 is 46.8 Å². The number of carbonyl (C=O) groups excluding carboxylic acids is 2. The first-order chi connectivity index (χ1) is 21.7. The largest absolute Gasteiger partial charge is 2.00 e. The normalized spacial score (nSPS) is 17.0. The summed E-state index contributed by atoms with van der Waals surface area (Å²) < 4.78 is 0. The maximum absolute atomic E-state index is 11.2. The van der Waals surface area contributed by atoms with Crippen LogP contribution in [0.15, 0.2) is 34.3 Å². The number of phenols is 2. The van der Waals surface area contributed by atoms with Gasteiger partial charge >= 0.3 is 16.8 Å². The third-order valence-electron chi connectivity index (χ3n) is 8.13. The summed E-state index contributed by atoms with van der Waals surface area (Å²) in [5, 5.41) is 40.2. The standard InChI is InChI=1S/C36H54N2O2.2C2H4O2.Co/c1-33(2,3)25-17-23(31(39)27(19-25)35(7,8)9)21-37-29-15-13-14-16-30(29)38-22-24-18-26(34(4,5)6)20-28(32(24)40)36(10,11)12;2*1-2(3)4;/h17-22,29-30,39-40H,13-16H2,1-12H3;2*1H3,(H,3,4);/q;;;+2/p-2. The molecule has 3 rings (SSSR count). The van der Waals surface area contributed by atoms with Crippen LogP contribution in [-0.4, -0.2) is 46.7 Å². The van der Waals surface area contributed by atoms with E-state index in [0.717, 1.165) is 61.8 Å². The Labute approximate surface area is 305 Å². The van der Waals surface area contributed by atoms with Crippen molar-refractivity contribution in [3.05, 3.63) is 57.6 Å². The van der Waals surface area contributed by atoms with E-state index in [1.54, 1.807) is 0 Å². The van der Waals surface area contributed by atoms with Crippen molar-refractivity contribution in [2.75, 3.05) is 0 Å². The molecule has 2 aromatic rings. The van der Waals surface area contributed by atoms with Crippen LogP contribution in [0.5, 0.6) is 11.5 Å². The van der Waals surface area contributed by atoms with E-state index in [4.69, 9.17) is 29.8 Å². The van der Waals surface area contributed by atoms with Gasteiger partial charge in [0.05, 0.1) is 12.1 Å². The van der Waals surface area contributed by atoms with Crippen LogP contribution in [-0.2, 0) is 48.0 Å². The fourth-order valence-corrected chi connectivity index (χ4v) is 5.31. The predicted octanol–water partition coefficient (Wildman–Crippen LogP) is 6.65. The van der Waals surface area contributed by atoms with Crippen LogP contribution in [0.3, 0.4) is 0 Å². The second-order valence-corrected chi connectivity index (χ2v) is 16.9. The van der Waals surface area contributed by atoms with Crippen LogP contribution in [0.1, 0.15) is 156 Å². The number of aromatic hydroxyl groups is 2. The van der Waals surface area contributed by atoms with Gasteiger partial charge in [0, 0.05) is 46.6 Å². The van der Waals surface area contributed by atoms with E-state index >= 15 is 0 Å². The summed E-state index contributed by atoms with van der Waals surface area (Å²) in [7, 11) is 0. The molecule has 0 amide bonds. The zero-order chi connectivity index (χ0) is 37.4. The minimum absolute atomic E-state index is 0. The van der Waals surface area contributed by atoms with Crippen LogP contribution in [0.2, 0.25) is 0 Å². The number of benzene rings is 2. The molecule has 1 radical (unpaired) electrons. The molecule has 0 saturated heterocycles. The predicted molar refractivity (Wildman–Crippen MR) is 194 cm³/mol. The average molecular weight is 724 g/mol. The van der Waals surface area contributed by atoms with E-state index in [0.29, 0.717) is 11.5 Å². The van der Waals surface area contributed by atoms with Crippen molar-refractivity contribution in [2.24, 2.45) is 9.98 Å². The van der Waals surface area contributed by atoms with Crippen LogP contribution in [0, 0.1) is 0 Å². The monoisotopic (exact) mass is 723 g/mol. The van der Waals surface area contributed by atoms with Gasteiger partial charge in [-0.3, -0.25) is 9.98 Å². The van der Waals surface area contributed by atoms with Crippen molar-refractivity contribution in [2.45, 2.75) is 156 Å². The van der Waals surface area contributed by atoms with Gasteiger partial charge in [-0.25, -0.2) is 0 Å². The second kappa shape index (κ2) is 18.2. The van der Waals surface area contributed by atoms with E-state index in [-0.39, 0.29) is 50.5 Å². The second-order valence-electron chi connectivity index (χ2n) is 16.9. The van der Waals surface area contributed by atoms with Crippen LogP contribution >= 0.6 is 0 Å². The van der Waals surface area contributed by atoms with E-state index in [1.807, 2.05) is 12.4 Å². The number of hydrogen-bond acceptors (Lipinski definition) is 8. The molecule has 275 valence electrons. The summed E-state index contributed by atoms with van der Waals surface area (Å²) in [6, 6.07) is 8.53. The minimum Gasteiger partial charge on any atom is -0.550 e. The molecule has 2 aromatic carbocycles. The quantitative estimate of drug-likeness (QED) is 0.338. The SMILES string of the molecule is CC(=O)[O-].CC(=O)[O-].CC(C)(C)c1cc(C=NC2CCCCC2N=Cc2cc(C(C)(C)C)cc(C(C)(C)C)c2O)c(O)c(C(C)(C)C)c1.[Co+2]. The van der Waals surface area contributed by atoms with Gasteiger partial charge < -0.3 is 30.0 Å². The molecular weight excluding hydrogens is 663 g/mol.